The Morgan fingerprint density at radius 2 is 1.68 bits per heavy atom. The van der Waals surface area contributed by atoms with Gasteiger partial charge >= 0.3 is 0 Å². The molecule has 0 radical (unpaired) electrons. The van der Waals surface area contributed by atoms with Crippen molar-refractivity contribution in [1.82, 2.24) is 4.90 Å². The fraction of sp³-hybridized carbons (Fsp3) is 0.647. The maximum Gasteiger partial charge on any atom is 0.126 e. The van der Waals surface area contributed by atoms with Crippen molar-refractivity contribution in [3.05, 3.63) is 29.3 Å². The molecule has 1 heterocycles. The molecule has 3 rings (SSSR count). The molecule has 4 nitrogen and oxygen atoms in total. The van der Waals surface area contributed by atoms with Gasteiger partial charge in [0.15, 0.2) is 0 Å². The number of likely N-dealkylation sites (tertiary alicyclic amines) is 1. The number of rotatable bonds is 3. The van der Waals surface area contributed by atoms with E-state index >= 15 is 0 Å². The Morgan fingerprint density at radius 1 is 1.00 bits per heavy atom. The summed E-state index contributed by atoms with van der Waals surface area (Å²) in [5.41, 5.74) is 0. The van der Waals surface area contributed by atoms with E-state index < -0.39 is 6.10 Å². The molecule has 0 amide bonds. The van der Waals surface area contributed by atoms with Crippen LogP contribution in [0.1, 0.15) is 32.1 Å². The van der Waals surface area contributed by atoms with E-state index in [9.17, 15) is 10.2 Å². The average molecular weight is 326 g/mol. The number of hydrogen-bond donors (Lipinski definition) is 2. The van der Waals surface area contributed by atoms with Gasteiger partial charge < -0.3 is 14.9 Å². The third kappa shape index (κ3) is 3.74. The van der Waals surface area contributed by atoms with Gasteiger partial charge in [-0.25, -0.2) is 0 Å². The van der Waals surface area contributed by atoms with Crippen LogP contribution < -0.4 is 4.74 Å². The van der Waals surface area contributed by atoms with E-state index in [-0.39, 0.29) is 18.2 Å². The minimum atomic E-state index is -0.486. The Kier molecular flexibility index (Phi) is 5.24. The van der Waals surface area contributed by atoms with Crippen molar-refractivity contribution in [1.29, 1.82) is 0 Å². The van der Waals surface area contributed by atoms with Gasteiger partial charge in [0, 0.05) is 24.2 Å². The van der Waals surface area contributed by atoms with Crippen LogP contribution in [0.3, 0.4) is 0 Å². The first-order chi connectivity index (χ1) is 10.6. The van der Waals surface area contributed by atoms with Gasteiger partial charge in [0.2, 0.25) is 0 Å². The molecule has 22 heavy (non-hydrogen) atoms. The lowest BCUT2D eigenvalue weighted by Crippen LogP contribution is -2.55. The first-order valence-electron chi connectivity index (χ1n) is 8.16. The van der Waals surface area contributed by atoms with Crippen molar-refractivity contribution < 1.29 is 14.9 Å². The molecule has 0 bridgehead atoms. The predicted octanol–water partition coefficient (Wildman–Crippen LogP) is 2.46. The van der Waals surface area contributed by atoms with Crippen molar-refractivity contribution in [3.8, 4) is 5.75 Å². The molecule has 2 N–H and O–H groups in total. The van der Waals surface area contributed by atoms with Gasteiger partial charge in [0.25, 0.3) is 0 Å². The highest BCUT2D eigenvalue weighted by Crippen LogP contribution is 2.29. The van der Waals surface area contributed by atoms with Gasteiger partial charge in [-0.2, -0.15) is 0 Å². The van der Waals surface area contributed by atoms with Crippen molar-refractivity contribution in [2.24, 2.45) is 0 Å². The number of ether oxygens (including phenoxy) is 1. The lowest BCUT2D eigenvalue weighted by Gasteiger charge is -2.43. The van der Waals surface area contributed by atoms with E-state index in [2.05, 4.69) is 4.90 Å². The third-order valence-electron chi connectivity index (χ3n) is 4.83. The summed E-state index contributed by atoms with van der Waals surface area (Å²) in [7, 11) is 0. The third-order valence-corrected chi connectivity index (χ3v) is 5.08. The minimum Gasteiger partial charge on any atom is -0.488 e. The minimum absolute atomic E-state index is 0.138. The van der Waals surface area contributed by atoms with Gasteiger partial charge in [0.05, 0.1) is 6.10 Å². The molecule has 2 fully saturated rings. The summed E-state index contributed by atoms with van der Waals surface area (Å²) >= 11 is 5.89. The zero-order valence-electron chi connectivity index (χ0n) is 12.7. The topological polar surface area (TPSA) is 52.9 Å². The molecule has 5 heteroatoms. The van der Waals surface area contributed by atoms with Crippen LogP contribution in [0.15, 0.2) is 24.3 Å². The van der Waals surface area contributed by atoms with E-state index in [1.807, 2.05) is 12.1 Å². The molecule has 2 aliphatic rings. The molecule has 3 atom stereocenters. The van der Waals surface area contributed by atoms with Crippen LogP contribution in [0, 0.1) is 0 Å². The second-order valence-electron chi connectivity index (χ2n) is 6.37. The molecule has 1 aliphatic heterocycles. The second-order valence-corrected chi connectivity index (χ2v) is 6.80. The highest BCUT2D eigenvalue weighted by atomic mass is 35.5. The van der Waals surface area contributed by atoms with Crippen LogP contribution in [0.4, 0.5) is 0 Å². The molecule has 1 saturated carbocycles. The fourth-order valence-corrected chi connectivity index (χ4v) is 3.68. The Morgan fingerprint density at radius 3 is 2.36 bits per heavy atom. The molecule has 1 saturated heterocycles. The molecular formula is C17H24ClNO3. The SMILES string of the molecule is OC1CCN([C@H]2CCC[C@@H](Oc3ccc(Cl)cc3)[C@@H]2O)CC1. The maximum atomic E-state index is 10.7. The number of aliphatic hydroxyl groups is 2. The van der Waals surface area contributed by atoms with Crippen LogP contribution in [-0.2, 0) is 0 Å². The largest absolute Gasteiger partial charge is 0.488 e. The Hall–Kier alpha value is -0.810. The summed E-state index contributed by atoms with van der Waals surface area (Å²) in [4.78, 5) is 2.31. The average Bonchev–Trinajstić information content (AvgIpc) is 2.53. The molecule has 1 aromatic rings. The summed E-state index contributed by atoms with van der Waals surface area (Å²) in [6, 6.07) is 7.43. The van der Waals surface area contributed by atoms with Gasteiger partial charge in [-0.05, 0) is 56.4 Å². The zero-order chi connectivity index (χ0) is 15.5. The fourth-order valence-electron chi connectivity index (χ4n) is 3.55. The lowest BCUT2D eigenvalue weighted by atomic mass is 9.87. The highest BCUT2D eigenvalue weighted by molar-refractivity contribution is 6.30. The summed E-state index contributed by atoms with van der Waals surface area (Å²) < 4.78 is 5.98. The molecule has 0 unspecified atom stereocenters. The zero-order valence-corrected chi connectivity index (χ0v) is 13.5. The number of nitrogens with zero attached hydrogens (tertiary/aromatic N) is 1. The summed E-state index contributed by atoms with van der Waals surface area (Å²) in [5.74, 6) is 0.753. The van der Waals surface area contributed by atoms with E-state index in [1.54, 1.807) is 12.1 Å². The quantitative estimate of drug-likeness (QED) is 0.896. The number of hydrogen-bond acceptors (Lipinski definition) is 4. The summed E-state index contributed by atoms with van der Waals surface area (Å²) in [5, 5.41) is 21.0. The van der Waals surface area contributed by atoms with Crippen LogP contribution in [0.5, 0.6) is 5.75 Å². The van der Waals surface area contributed by atoms with E-state index in [0.717, 1.165) is 50.9 Å². The van der Waals surface area contributed by atoms with Crippen molar-refractivity contribution in [3.63, 3.8) is 0 Å². The summed E-state index contributed by atoms with van der Waals surface area (Å²) in [6.07, 6.45) is 3.68. The number of halogens is 1. The van der Waals surface area contributed by atoms with Gasteiger partial charge in [-0.15, -0.1) is 0 Å². The van der Waals surface area contributed by atoms with Crippen molar-refractivity contribution >= 4 is 11.6 Å². The number of piperidine rings is 1. The number of benzene rings is 1. The van der Waals surface area contributed by atoms with E-state index in [4.69, 9.17) is 16.3 Å². The van der Waals surface area contributed by atoms with Crippen LogP contribution in [0.25, 0.3) is 0 Å². The van der Waals surface area contributed by atoms with Gasteiger partial charge in [-0.3, -0.25) is 4.90 Å². The van der Waals surface area contributed by atoms with Crippen LogP contribution >= 0.6 is 11.6 Å². The normalized spacial score (nSPS) is 31.1. The Balaban J connectivity index is 1.62. The smallest absolute Gasteiger partial charge is 0.126 e. The maximum absolute atomic E-state index is 10.7. The molecule has 122 valence electrons. The first-order valence-corrected chi connectivity index (χ1v) is 8.53. The van der Waals surface area contributed by atoms with Crippen molar-refractivity contribution in [2.75, 3.05) is 13.1 Å². The molecule has 0 aromatic heterocycles. The standard InChI is InChI=1S/C17H24ClNO3/c18-12-4-6-14(7-5-12)22-16-3-1-2-15(17(16)21)19-10-8-13(20)9-11-19/h4-7,13,15-17,20-21H,1-3,8-11H2/t15-,16+,17+/m0/s1. The molecular weight excluding hydrogens is 302 g/mol. The predicted molar refractivity (Wildman–Crippen MR) is 86.3 cm³/mol. The summed E-state index contributed by atoms with van der Waals surface area (Å²) in [6.45, 7) is 1.72. The molecule has 1 aromatic carbocycles. The highest BCUT2D eigenvalue weighted by Gasteiger charge is 2.37. The monoisotopic (exact) mass is 325 g/mol. The molecule has 0 spiro atoms. The molecule has 1 aliphatic carbocycles. The van der Waals surface area contributed by atoms with Gasteiger partial charge in [0.1, 0.15) is 18.0 Å². The van der Waals surface area contributed by atoms with E-state index in [1.165, 1.54) is 0 Å². The second kappa shape index (κ2) is 7.18. The number of aliphatic hydroxyl groups excluding tert-OH is 2. The van der Waals surface area contributed by atoms with Crippen molar-refractivity contribution in [2.45, 2.75) is 56.5 Å². The Labute approximate surface area is 136 Å². The van der Waals surface area contributed by atoms with Gasteiger partial charge in [-0.1, -0.05) is 11.6 Å². The van der Waals surface area contributed by atoms with E-state index in [0.29, 0.717) is 5.02 Å². The lowest BCUT2D eigenvalue weighted by molar-refractivity contribution is -0.0656. The first kappa shape index (κ1) is 16.1. The van der Waals surface area contributed by atoms with Crippen LogP contribution in [0.2, 0.25) is 5.02 Å². The van der Waals surface area contributed by atoms with Crippen LogP contribution in [-0.4, -0.2) is 52.6 Å². The Bertz CT molecular complexity index is 473.